The van der Waals surface area contributed by atoms with E-state index in [2.05, 4.69) is 25.7 Å². The van der Waals surface area contributed by atoms with Crippen LogP contribution in [0.1, 0.15) is 50.4 Å². The van der Waals surface area contributed by atoms with Gasteiger partial charge >= 0.3 is 5.97 Å². The number of ether oxygens (including phenoxy) is 1. The fourth-order valence-electron chi connectivity index (χ4n) is 2.21. The Labute approximate surface area is 127 Å². The van der Waals surface area contributed by atoms with Crippen LogP contribution in [0, 0.1) is 0 Å². The molecule has 0 radical (unpaired) electrons. The predicted octanol–water partition coefficient (Wildman–Crippen LogP) is 3.66. The van der Waals surface area contributed by atoms with E-state index in [1.54, 1.807) is 24.3 Å². The Kier molecular flexibility index (Phi) is 7.83. The summed E-state index contributed by atoms with van der Waals surface area (Å²) in [6, 6.07) is 7.31. The molecule has 0 aromatic heterocycles. The molecule has 1 unspecified atom stereocenters. The van der Waals surface area contributed by atoms with Crippen LogP contribution in [0.2, 0.25) is 0 Å². The number of unbranched alkanes of at least 4 members (excludes halogenated alkanes) is 1. The molecule has 0 saturated carbocycles. The number of para-hydroxylation sites is 1. The fraction of sp³-hybridized carbons (Fsp3) is 0.588. The third-order valence-electron chi connectivity index (χ3n) is 3.77. The number of nitrogens with zero attached hydrogens (tertiary/aromatic N) is 1. The van der Waals surface area contributed by atoms with Crippen molar-refractivity contribution in [2.75, 3.05) is 19.7 Å². The monoisotopic (exact) mass is 293 g/mol. The van der Waals surface area contributed by atoms with Gasteiger partial charge in [-0.2, -0.15) is 0 Å². The van der Waals surface area contributed by atoms with Gasteiger partial charge in [-0.05, 0) is 38.4 Å². The van der Waals surface area contributed by atoms with Crippen molar-refractivity contribution in [3.8, 4) is 5.75 Å². The summed E-state index contributed by atoms with van der Waals surface area (Å²) in [7, 11) is 0. The average molecular weight is 293 g/mol. The Morgan fingerprint density at radius 3 is 2.62 bits per heavy atom. The summed E-state index contributed by atoms with van der Waals surface area (Å²) >= 11 is 0. The van der Waals surface area contributed by atoms with Gasteiger partial charge in [0, 0.05) is 12.6 Å². The molecule has 1 aromatic rings. The summed E-state index contributed by atoms with van der Waals surface area (Å²) in [5.74, 6) is -0.500. The third-order valence-corrected chi connectivity index (χ3v) is 3.77. The molecule has 1 aromatic carbocycles. The molecule has 1 atom stereocenters. The lowest BCUT2D eigenvalue weighted by atomic mass is 10.2. The van der Waals surface area contributed by atoms with E-state index in [4.69, 9.17) is 9.84 Å². The Bertz CT molecular complexity index is 434. The van der Waals surface area contributed by atoms with E-state index in [0.29, 0.717) is 18.4 Å². The number of benzene rings is 1. The highest BCUT2D eigenvalue weighted by Crippen LogP contribution is 2.18. The third kappa shape index (κ3) is 5.76. The van der Waals surface area contributed by atoms with Gasteiger partial charge in [0.05, 0.1) is 0 Å². The molecular formula is C17H27NO3. The number of aromatic carboxylic acids is 1. The van der Waals surface area contributed by atoms with E-state index in [1.165, 1.54) is 12.8 Å². The average Bonchev–Trinajstić information content (AvgIpc) is 2.50. The van der Waals surface area contributed by atoms with E-state index in [0.717, 1.165) is 19.5 Å². The topological polar surface area (TPSA) is 49.8 Å². The van der Waals surface area contributed by atoms with Gasteiger partial charge in [-0.1, -0.05) is 32.4 Å². The number of hydrogen-bond donors (Lipinski definition) is 1. The van der Waals surface area contributed by atoms with Crippen LogP contribution < -0.4 is 4.74 Å². The number of hydrogen-bond acceptors (Lipinski definition) is 3. The second-order valence-electron chi connectivity index (χ2n) is 5.30. The predicted molar refractivity (Wildman–Crippen MR) is 85.1 cm³/mol. The Balaban J connectivity index is 2.55. The number of rotatable bonds is 10. The summed E-state index contributed by atoms with van der Waals surface area (Å²) in [6.45, 7) is 9.00. The zero-order valence-electron chi connectivity index (χ0n) is 13.3. The first-order valence-corrected chi connectivity index (χ1v) is 7.79. The molecule has 0 saturated heterocycles. The molecule has 0 spiro atoms. The second kappa shape index (κ2) is 9.40. The van der Waals surface area contributed by atoms with E-state index in [-0.39, 0.29) is 5.56 Å². The van der Waals surface area contributed by atoms with Crippen molar-refractivity contribution in [2.24, 2.45) is 0 Å². The quantitative estimate of drug-likeness (QED) is 0.715. The van der Waals surface area contributed by atoms with Crippen molar-refractivity contribution < 1.29 is 14.6 Å². The molecule has 0 aliphatic rings. The van der Waals surface area contributed by atoms with Crippen molar-refractivity contribution in [3.05, 3.63) is 29.8 Å². The molecule has 1 rings (SSSR count). The maximum Gasteiger partial charge on any atom is 0.339 e. The molecule has 0 heterocycles. The zero-order valence-corrected chi connectivity index (χ0v) is 13.3. The van der Waals surface area contributed by atoms with Crippen LogP contribution in [0.5, 0.6) is 5.75 Å². The summed E-state index contributed by atoms with van der Waals surface area (Å²) in [5, 5.41) is 9.13. The van der Waals surface area contributed by atoms with Crippen LogP contribution >= 0.6 is 0 Å². The Hall–Kier alpha value is -1.55. The Morgan fingerprint density at radius 2 is 2.00 bits per heavy atom. The molecule has 0 aliphatic heterocycles. The molecule has 0 bridgehead atoms. The van der Waals surface area contributed by atoms with Crippen LogP contribution in [0.25, 0.3) is 0 Å². The molecule has 1 N–H and O–H groups in total. The van der Waals surface area contributed by atoms with Crippen molar-refractivity contribution in [1.29, 1.82) is 0 Å². The minimum absolute atomic E-state index is 0.223. The summed E-state index contributed by atoms with van der Waals surface area (Å²) in [5.41, 5.74) is 0.223. The van der Waals surface area contributed by atoms with Gasteiger partial charge in [0.2, 0.25) is 0 Å². The molecule has 0 fully saturated rings. The maximum atomic E-state index is 11.1. The van der Waals surface area contributed by atoms with Gasteiger partial charge in [0.25, 0.3) is 0 Å². The lowest BCUT2D eigenvalue weighted by molar-refractivity contribution is 0.0691. The van der Waals surface area contributed by atoms with Crippen LogP contribution in [0.3, 0.4) is 0 Å². The Morgan fingerprint density at radius 1 is 1.29 bits per heavy atom. The number of carbonyl (C=O) groups is 1. The summed E-state index contributed by atoms with van der Waals surface area (Å²) < 4.78 is 5.68. The molecule has 4 heteroatoms. The lowest BCUT2D eigenvalue weighted by Gasteiger charge is -2.28. The highest BCUT2D eigenvalue weighted by molar-refractivity contribution is 5.90. The van der Waals surface area contributed by atoms with Gasteiger partial charge in [-0.25, -0.2) is 4.79 Å². The van der Waals surface area contributed by atoms with Crippen LogP contribution in [-0.4, -0.2) is 41.7 Å². The van der Waals surface area contributed by atoms with Gasteiger partial charge < -0.3 is 9.84 Å². The number of carboxylic acids is 1. The van der Waals surface area contributed by atoms with Crippen LogP contribution in [0.15, 0.2) is 24.3 Å². The SMILES string of the molecule is CCCCN(CCOc1ccccc1C(=O)O)C(C)CC. The highest BCUT2D eigenvalue weighted by Gasteiger charge is 2.13. The van der Waals surface area contributed by atoms with E-state index in [9.17, 15) is 4.79 Å². The van der Waals surface area contributed by atoms with Crippen LogP contribution in [-0.2, 0) is 0 Å². The summed E-state index contributed by atoms with van der Waals surface area (Å²) in [6.07, 6.45) is 3.46. The molecule has 0 aliphatic carbocycles. The normalized spacial score (nSPS) is 12.4. The lowest BCUT2D eigenvalue weighted by Crippen LogP contribution is -2.36. The minimum atomic E-state index is -0.949. The van der Waals surface area contributed by atoms with E-state index < -0.39 is 5.97 Å². The molecule has 0 amide bonds. The molecule has 118 valence electrons. The molecule has 4 nitrogen and oxygen atoms in total. The van der Waals surface area contributed by atoms with Crippen molar-refractivity contribution in [1.82, 2.24) is 4.90 Å². The van der Waals surface area contributed by atoms with Crippen LogP contribution in [0.4, 0.5) is 0 Å². The molecular weight excluding hydrogens is 266 g/mol. The zero-order chi connectivity index (χ0) is 15.7. The largest absolute Gasteiger partial charge is 0.491 e. The van der Waals surface area contributed by atoms with Gasteiger partial charge in [-0.15, -0.1) is 0 Å². The van der Waals surface area contributed by atoms with E-state index in [1.807, 2.05) is 0 Å². The van der Waals surface area contributed by atoms with Crippen molar-refractivity contribution in [2.45, 2.75) is 46.1 Å². The van der Waals surface area contributed by atoms with Gasteiger partial charge in [-0.3, -0.25) is 4.90 Å². The smallest absolute Gasteiger partial charge is 0.339 e. The number of carboxylic acid groups (broad SMARTS) is 1. The minimum Gasteiger partial charge on any atom is -0.491 e. The first-order valence-electron chi connectivity index (χ1n) is 7.79. The molecule has 21 heavy (non-hydrogen) atoms. The van der Waals surface area contributed by atoms with Crippen molar-refractivity contribution >= 4 is 5.97 Å². The summed E-state index contributed by atoms with van der Waals surface area (Å²) in [4.78, 5) is 13.5. The van der Waals surface area contributed by atoms with Gasteiger partial charge in [0.1, 0.15) is 17.9 Å². The highest BCUT2D eigenvalue weighted by atomic mass is 16.5. The maximum absolute atomic E-state index is 11.1. The fourth-order valence-corrected chi connectivity index (χ4v) is 2.21. The second-order valence-corrected chi connectivity index (χ2v) is 5.30. The van der Waals surface area contributed by atoms with Crippen molar-refractivity contribution in [3.63, 3.8) is 0 Å². The van der Waals surface area contributed by atoms with E-state index >= 15 is 0 Å². The first-order chi connectivity index (χ1) is 10.1. The first kappa shape index (κ1) is 17.5. The van der Waals surface area contributed by atoms with Gasteiger partial charge in [0.15, 0.2) is 0 Å². The standard InChI is InChI=1S/C17H27NO3/c1-4-6-11-18(14(3)5-2)12-13-21-16-10-8-7-9-15(16)17(19)20/h7-10,14H,4-6,11-13H2,1-3H3,(H,19,20).